The van der Waals surface area contributed by atoms with Gasteiger partial charge in [0.25, 0.3) is 0 Å². The Balaban J connectivity index is 4.15. The quantitative estimate of drug-likeness (QED) is 0.716. The van der Waals surface area contributed by atoms with E-state index in [4.69, 9.17) is 0 Å². The van der Waals surface area contributed by atoms with Crippen molar-refractivity contribution in [3.05, 3.63) is 0 Å². The van der Waals surface area contributed by atoms with Crippen molar-refractivity contribution in [1.29, 1.82) is 0 Å². The number of nitrogens with zero attached hydrogens (tertiary/aromatic N) is 1. The molecule has 0 aromatic carbocycles. The Bertz CT molecular complexity index is 134. The van der Waals surface area contributed by atoms with Crippen LogP contribution in [0.25, 0.3) is 0 Å². The van der Waals surface area contributed by atoms with Crippen LogP contribution in [0, 0.1) is 5.41 Å². The molecular weight excluding hydrogens is 162 g/mol. The second-order valence-electron chi connectivity index (χ2n) is 5.93. The van der Waals surface area contributed by atoms with Crippen LogP contribution < -0.4 is 0 Å². The van der Waals surface area contributed by atoms with Crippen LogP contribution in [-0.2, 0) is 0 Å². The van der Waals surface area contributed by atoms with Crippen LogP contribution in [0.15, 0.2) is 0 Å². The Labute approximate surface area is 82.9 Å². The van der Waals surface area contributed by atoms with Gasteiger partial charge in [0.2, 0.25) is 0 Å². The fourth-order valence-electron chi connectivity index (χ4n) is 0.807. The Morgan fingerprint density at radius 3 is 1.69 bits per heavy atom. The average Bonchev–Trinajstić information content (AvgIpc) is 1.82. The Hall–Kier alpha value is -0.0800. The minimum absolute atomic E-state index is 0.0283. The number of hydrogen-bond acceptors (Lipinski definition) is 2. The third-order valence-corrected chi connectivity index (χ3v) is 2.59. The molecule has 0 radical (unpaired) electrons. The molecule has 1 unspecified atom stereocenters. The van der Waals surface area contributed by atoms with E-state index in [2.05, 4.69) is 53.5 Å². The van der Waals surface area contributed by atoms with Crippen molar-refractivity contribution in [2.45, 2.75) is 53.2 Å². The van der Waals surface area contributed by atoms with Crippen molar-refractivity contribution in [3.8, 4) is 0 Å². The second kappa shape index (κ2) is 3.97. The zero-order valence-electron chi connectivity index (χ0n) is 10.2. The molecule has 0 aliphatic carbocycles. The van der Waals surface area contributed by atoms with E-state index in [0.717, 1.165) is 6.54 Å². The molecule has 1 atom stereocenters. The van der Waals surface area contributed by atoms with Gasteiger partial charge in [0.1, 0.15) is 0 Å². The van der Waals surface area contributed by atoms with Gasteiger partial charge in [-0.15, -0.1) is 0 Å². The first-order chi connectivity index (χ1) is 5.55. The van der Waals surface area contributed by atoms with Crippen molar-refractivity contribution in [2.24, 2.45) is 5.41 Å². The summed E-state index contributed by atoms with van der Waals surface area (Å²) in [7, 11) is 2.05. The smallest absolute Gasteiger partial charge is 0.0715 e. The molecule has 13 heavy (non-hydrogen) atoms. The summed E-state index contributed by atoms with van der Waals surface area (Å²) >= 11 is 0. The zero-order chi connectivity index (χ0) is 10.9. The summed E-state index contributed by atoms with van der Waals surface area (Å²) in [4.78, 5) is 2.18. The summed E-state index contributed by atoms with van der Waals surface area (Å²) in [6, 6.07) is 0. The van der Waals surface area contributed by atoms with Crippen LogP contribution in [-0.4, -0.2) is 35.2 Å². The molecule has 2 nitrogen and oxygen atoms in total. The predicted octanol–water partition coefficient (Wildman–Crippen LogP) is 2.12. The largest absolute Gasteiger partial charge is 0.391 e. The van der Waals surface area contributed by atoms with E-state index in [0.29, 0.717) is 0 Å². The predicted molar refractivity (Wildman–Crippen MR) is 57.8 cm³/mol. The van der Waals surface area contributed by atoms with E-state index >= 15 is 0 Å². The molecule has 0 saturated heterocycles. The molecule has 2 heteroatoms. The maximum Gasteiger partial charge on any atom is 0.0715 e. The Morgan fingerprint density at radius 1 is 1.08 bits per heavy atom. The van der Waals surface area contributed by atoms with Crippen LogP contribution in [0.3, 0.4) is 0 Å². The van der Waals surface area contributed by atoms with Gasteiger partial charge < -0.3 is 5.11 Å². The Kier molecular flexibility index (Phi) is 3.95. The fourth-order valence-corrected chi connectivity index (χ4v) is 0.807. The third-order valence-electron chi connectivity index (χ3n) is 2.59. The van der Waals surface area contributed by atoms with Crippen molar-refractivity contribution in [1.82, 2.24) is 4.90 Å². The van der Waals surface area contributed by atoms with Crippen LogP contribution in [0.2, 0.25) is 0 Å². The lowest BCUT2D eigenvalue weighted by Crippen LogP contribution is -2.46. The molecule has 80 valence electrons. The minimum Gasteiger partial charge on any atom is -0.391 e. The molecule has 0 heterocycles. The molecule has 0 spiro atoms. The third kappa shape index (κ3) is 4.63. The van der Waals surface area contributed by atoms with Crippen LogP contribution in [0.5, 0.6) is 0 Å². The van der Waals surface area contributed by atoms with Gasteiger partial charge in [0, 0.05) is 12.1 Å². The van der Waals surface area contributed by atoms with Gasteiger partial charge in [0.05, 0.1) is 6.10 Å². The van der Waals surface area contributed by atoms with Crippen LogP contribution >= 0.6 is 0 Å². The van der Waals surface area contributed by atoms with Gasteiger partial charge in [-0.25, -0.2) is 0 Å². The molecule has 0 rings (SSSR count). The number of β-amino-alcohol motifs (C(OH)–C–C–N with tert-alkyl or cyclic N) is 1. The lowest BCUT2D eigenvalue weighted by atomic mass is 9.88. The SMILES string of the molecule is CN(CC(O)C(C)(C)C)C(C)(C)C. The maximum absolute atomic E-state index is 9.88. The molecule has 1 N–H and O–H groups in total. The van der Waals surface area contributed by atoms with Gasteiger partial charge in [-0.1, -0.05) is 20.8 Å². The summed E-state index contributed by atoms with van der Waals surface area (Å²) in [6.45, 7) is 13.4. The Morgan fingerprint density at radius 2 is 1.46 bits per heavy atom. The van der Waals surface area contributed by atoms with Crippen molar-refractivity contribution >= 4 is 0 Å². The summed E-state index contributed by atoms with van der Waals surface area (Å²) in [5.74, 6) is 0. The zero-order valence-corrected chi connectivity index (χ0v) is 10.2. The average molecular weight is 187 g/mol. The van der Waals surface area contributed by atoms with Gasteiger partial charge in [0.15, 0.2) is 0 Å². The molecule has 0 aromatic heterocycles. The number of aliphatic hydroxyl groups is 1. The summed E-state index contributed by atoms with van der Waals surface area (Å²) in [5, 5.41) is 9.88. The number of likely N-dealkylation sites (N-methyl/N-ethyl adjacent to an activating group) is 1. The molecule has 0 aliphatic rings. The highest BCUT2D eigenvalue weighted by Gasteiger charge is 2.26. The van der Waals surface area contributed by atoms with E-state index in [1.54, 1.807) is 0 Å². The highest BCUT2D eigenvalue weighted by Crippen LogP contribution is 2.21. The van der Waals surface area contributed by atoms with E-state index < -0.39 is 0 Å². The monoisotopic (exact) mass is 187 g/mol. The first-order valence-corrected chi connectivity index (χ1v) is 4.94. The van der Waals surface area contributed by atoms with E-state index in [9.17, 15) is 5.11 Å². The summed E-state index contributed by atoms with van der Waals surface area (Å²) < 4.78 is 0. The van der Waals surface area contributed by atoms with Gasteiger partial charge in [-0.3, -0.25) is 4.90 Å². The topological polar surface area (TPSA) is 23.5 Å². The molecule has 0 bridgehead atoms. The molecule has 0 aliphatic heterocycles. The highest BCUT2D eigenvalue weighted by molar-refractivity contribution is 4.80. The lowest BCUT2D eigenvalue weighted by Gasteiger charge is -2.37. The normalized spacial score (nSPS) is 16.4. The lowest BCUT2D eigenvalue weighted by molar-refractivity contribution is 0.0122. The summed E-state index contributed by atoms with van der Waals surface area (Å²) in [5.41, 5.74) is 0.103. The van der Waals surface area contributed by atoms with Crippen LogP contribution in [0.1, 0.15) is 41.5 Å². The highest BCUT2D eigenvalue weighted by atomic mass is 16.3. The van der Waals surface area contributed by atoms with E-state index in [-0.39, 0.29) is 17.1 Å². The number of aliphatic hydroxyl groups excluding tert-OH is 1. The first kappa shape index (κ1) is 12.9. The molecule has 0 saturated carbocycles. The van der Waals surface area contributed by atoms with Gasteiger partial charge in [-0.2, -0.15) is 0 Å². The fraction of sp³-hybridized carbons (Fsp3) is 1.00. The second-order valence-corrected chi connectivity index (χ2v) is 5.93. The molecular formula is C11H25NO. The summed E-state index contributed by atoms with van der Waals surface area (Å²) in [6.07, 6.45) is -0.267. The molecule has 0 amide bonds. The van der Waals surface area contributed by atoms with Crippen molar-refractivity contribution in [3.63, 3.8) is 0 Å². The van der Waals surface area contributed by atoms with Gasteiger partial charge in [-0.05, 0) is 33.2 Å². The van der Waals surface area contributed by atoms with Crippen molar-refractivity contribution < 1.29 is 5.11 Å². The first-order valence-electron chi connectivity index (χ1n) is 4.94. The van der Waals surface area contributed by atoms with Crippen molar-refractivity contribution in [2.75, 3.05) is 13.6 Å². The molecule has 0 aromatic rings. The molecule has 0 fully saturated rings. The maximum atomic E-state index is 9.88. The number of rotatable bonds is 2. The van der Waals surface area contributed by atoms with Crippen LogP contribution in [0.4, 0.5) is 0 Å². The van der Waals surface area contributed by atoms with Gasteiger partial charge >= 0.3 is 0 Å². The standard InChI is InChI=1S/C11H25NO/c1-10(2,3)9(13)8-12(7)11(4,5)6/h9,13H,8H2,1-7H3. The van der Waals surface area contributed by atoms with E-state index in [1.807, 2.05) is 0 Å². The number of hydrogen-bond donors (Lipinski definition) is 1. The minimum atomic E-state index is -0.267. The van der Waals surface area contributed by atoms with E-state index in [1.165, 1.54) is 0 Å².